The first-order valence-corrected chi connectivity index (χ1v) is 5.25. The van der Waals surface area contributed by atoms with Gasteiger partial charge in [-0.05, 0) is 6.42 Å². The molecular weight excluding hydrogens is 208 g/mol. The first kappa shape index (κ1) is 14.4. The Morgan fingerprint density at radius 2 is 1.94 bits per heavy atom. The first-order valence-electron chi connectivity index (χ1n) is 5.25. The molecule has 0 fully saturated rings. The van der Waals surface area contributed by atoms with Crippen molar-refractivity contribution < 1.29 is 19.1 Å². The number of hydrogen-bond acceptors (Lipinski definition) is 4. The summed E-state index contributed by atoms with van der Waals surface area (Å²) in [6.45, 7) is 9.35. The van der Waals surface area contributed by atoms with Gasteiger partial charge in [0.05, 0.1) is 13.2 Å². The fourth-order valence-corrected chi connectivity index (χ4v) is 0.847. The molecule has 0 saturated heterocycles. The SMILES string of the molecule is C=CC(=O)OCCC(=C)C(=O)OCCCC. The highest BCUT2D eigenvalue weighted by Crippen LogP contribution is 2.02. The summed E-state index contributed by atoms with van der Waals surface area (Å²) < 4.78 is 9.64. The van der Waals surface area contributed by atoms with E-state index in [1.165, 1.54) is 0 Å². The van der Waals surface area contributed by atoms with E-state index in [2.05, 4.69) is 13.2 Å². The number of carbonyl (C=O) groups excluding carboxylic acids is 2. The smallest absolute Gasteiger partial charge is 0.333 e. The van der Waals surface area contributed by atoms with E-state index >= 15 is 0 Å². The fourth-order valence-electron chi connectivity index (χ4n) is 0.847. The maximum atomic E-state index is 11.3. The Balaban J connectivity index is 3.67. The maximum Gasteiger partial charge on any atom is 0.333 e. The maximum absolute atomic E-state index is 11.3. The van der Waals surface area contributed by atoms with Crippen LogP contribution in [0.2, 0.25) is 0 Å². The van der Waals surface area contributed by atoms with Gasteiger partial charge >= 0.3 is 11.9 Å². The van der Waals surface area contributed by atoms with Gasteiger partial charge in [0, 0.05) is 18.1 Å². The molecule has 0 aromatic rings. The summed E-state index contributed by atoms with van der Waals surface area (Å²) in [4.78, 5) is 22.0. The van der Waals surface area contributed by atoms with E-state index in [0.717, 1.165) is 18.9 Å². The Morgan fingerprint density at radius 3 is 2.50 bits per heavy atom. The van der Waals surface area contributed by atoms with Crippen molar-refractivity contribution in [2.24, 2.45) is 0 Å². The van der Waals surface area contributed by atoms with Crippen LogP contribution in [0.4, 0.5) is 0 Å². The summed E-state index contributed by atoms with van der Waals surface area (Å²) in [5, 5.41) is 0. The second-order valence-electron chi connectivity index (χ2n) is 3.21. The molecule has 90 valence electrons. The van der Waals surface area contributed by atoms with Crippen molar-refractivity contribution in [2.75, 3.05) is 13.2 Å². The lowest BCUT2D eigenvalue weighted by Crippen LogP contribution is -2.11. The molecule has 0 aliphatic rings. The number of ether oxygens (including phenoxy) is 2. The Morgan fingerprint density at radius 1 is 1.25 bits per heavy atom. The fraction of sp³-hybridized carbons (Fsp3) is 0.500. The summed E-state index contributed by atoms with van der Waals surface area (Å²) >= 11 is 0. The van der Waals surface area contributed by atoms with Crippen LogP contribution in [-0.4, -0.2) is 25.2 Å². The summed E-state index contributed by atoms with van der Waals surface area (Å²) in [6.07, 6.45) is 3.16. The predicted molar refractivity (Wildman–Crippen MR) is 60.8 cm³/mol. The third-order valence-electron chi connectivity index (χ3n) is 1.83. The van der Waals surface area contributed by atoms with E-state index in [1.54, 1.807) is 0 Å². The van der Waals surface area contributed by atoms with Crippen LogP contribution in [0.25, 0.3) is 0 Å². The van der Waals surface area contributed by atoms with Gasteiger partial charge < -0.3 is 9.47 Å². The van der Waals surface area contributed by atoms with E-state index in [0.29, 0.717) is 12.2 Å². The molecular formula is C12H18O4. The summed E-state index contributed by atoms with van der Waals surface area (Å²) in [6, 6.07) is 0. The van der Waals surface area contributed by atoms with Gasteiger partial charge in [0.15, 0.2) is 0 Å². The number of hydrogen-bond donors (Lipinski definition) is 0. The van der Waals surface area contributed by atoms with Crippen molar-refractivity contribution in [3.05, 3.63) is 24.8 Å². The zero-order chi connectivity index (χ0) is 12.4. The third-order valence-corrected chi connectivity index (χ3v) is 1.83. The second-order valence-corrected chi connectivity index (χ2v) is 3.21. The minimum Gasteiger partial charge on any atom is -0.462 e. The van der Waals surface area contributed by atoms with Crippen molar-refractivity contribution in [1.82, 2.24) is 0 Å². The molecule has 0 saturated carbocycles. The van der Waals surface area contributed by atoms with Crippen LogP contribution in [0.3, 0.4) is 0 Å². The van der Waals surface area contributed by atoms with E-state index in [1.807, 2.05) is 6.92 Å². The molecule has 0 heterocycles. The molecule has 0 aliphatic heterocycles. The second kappa shape index (κ2) is 8.71. The Kier molecular flexibility index (Phi) is 7.85. The topological polar surface area (TPSA) is 52.6 Å². The number of carbonyl (C=O) groups is 2. The van der Waals surface area contributed by atoms with Gasteiger partial charge in [0.2, 0.25) is 0 Å². The monoisotopic (exact) mass is 226 g/mol. The Hall–Kier alpha value is -1.58. The van der Waals surface area contributed by atoms with E-state index in [9.17, 15) is 9.59 Å². The highest BCUT2D eigenvalue weighted by Gasteiger charge is 2.08. The van der Waals surface area contributed by atoms with Gasteiger partial charge in [-0.3, -0.25) is 0 Å². The zero-order valence-corrected chi connectivity index (χ0v) is 9.66. The molecule has 0 unspecified atom stereocenters. The van der Waals surface area contributed by atoms with Crippen LogP contribution < -0.4 is 0 Å². The highest BCUT2D eigenvalue weighted by molar-refractivity contribution is 5.87. The predicted octanol–water partition coefficient (Wildman–Crippen LogP) is 2.01. The minimum absolute atomic E-state index is 0.118. The van der Waals surface area contributed by atoms with E-state index in [4.69, 9.17) is 9.47 Å². The van der Waals surface area contributed by atoms with Crippen molar-refractivity contribution in [3.63, 3.8) is 0 Å². The van der Waals surface area contributed by atoms with Gasteiger partial charge in [0.1, 0.15) is 0 Å². The van der Waals surface area contributed by atoms with Crippen molar-refractivity contribution in [2.45, 2.75) is 26.2 Å². The van der Waals surface area contributed by atoms with Crippen LogP contribution in [0.15, 0.2) is 24.8 Å². The van der Waals surface area contributed by atoms with Crippen molar-refractivity contribution >= 4 is 11.9 Å². The quantitative estimate of drug-likeness (QED) is 0.361. The molecule has 0 atom stereocenters. The van der Waals surface area contributed by atoms with Crippen LogP contribution in [0.5, 0.6) is 0 Å². The standard InChI is InChI=1S/C12H18O4/c1-4-6-8-16-12(14)10(3)7-9-15-11(13)5-2/h5H,2-4,6-9H2,1H3. The van der Waals surface area contributed by atoms with Gasteiger partial charge in [-0.15, -0.1) is 0 Å². The van der Waals surface area contributed by atoms with Crippen LogP contribution in [0.1, 0.15) is 26.2 Å². The van der Waals surface area contributed by atoms with Gasteiger partial charge in [-0.25, -0.2) is 9.59 Å². The average molecular weight is 226 g/mol. The van der Waals surface area contributed by atoms with E-state index < -0.39 is 11.9 Å². The van der Waals surface area contributed by atoms with Crippen LogP contribution in [0, 0.1) is 0 Å². The number of unbranched alkanes of at least 4 members (excludes halogenated alkanes) is 1. The minimum atomic E-state index is -0.507. The third kappa shape index (κ3) is 6.81. The molecule has 0 rings (SSSR count). The summed E-state index contributed by atoms with van der Waals surface area (Å²) in [5.74, 6) is -0.935. The lowest BCUT2D eigenvalue weighted by atomic mass is 10.2. The Bertz CT molecular complexity index is 268. The lowest BCUT2D eigenvalue weighted by Gasteiger charge is -2.06. The average Bonchev–Trinajstić information content (AvgIpc) is 2.28. The molecule has 0 aliphatic carbocycles. The molecule has 4 nitrogen and oxygen atoms in total. The molecule has 0 radical (unpaired) electrons. The van der Waals surface area contributed by atoms with Crippen LogP contribution in [-0.2, 0) is 19.1 Å². The van der Waals surface area contributed by atoms with Gasteiger partial charge in [-0.1, -0.05) is 26.5 Å². The molecule has 4 heteroatoms. The van der Waals surface area contributed by atoms with E-state index in [-0.39, 0.29) is 13.0 Å². The first-order chi connectivity index (χ1) is 7.61. The lowest BCUT2D eigenvalue weighted by molar-refractivity contribution is -0.141. The normalized spacial score (nSPS) is 9.31. The zero-order valence-electron chi connectivity index (χ0n) is 9.66. The van der Waals surface area contributed by atoms with Gasteiger partial charge in [-0.2, -0.15) is 0 Å². The molecule has 16 heavy (non-hydrogen) atoms. The number of esters is 2. The molecule has 0 bridgehead atoms. The molecule has 0 N–H and O–H groups in total. The molecule has 0 amide bonds. The van der Waals surface area contributed by atoms with Crippen molar-refractivity contribution in [3.8, 4) is 0 Å². The van der Waals surface area contributed by atoms with Crippen molar-refractivity contribution in [1.29, 1.82) is 0 Å². The molecule has 0 aromatic carbocycles. The van der Waals surface area contributed by atoms with Gasteiger partial charge in [0.25, 0.3) is 0 Å². The summed E-state index contributed by atoms with van der Waals surface area (Å²) in [5.41, 5.74) is 0.313. The summed E-state index contributed by atoms with van der Waals surface area (Å²) in [7, 11) is 0. The molecule has 0 aromatic heterocycles. The Labute approximate surface area is 95.9 Å². The highest BCUT2D eigenvalue weighted by atomic mass is 16.5. The van der Waals surface area contributed by atoms with Crippen LogP contribution >= 0.6 is 0 Å². The number of rotatable bonds is 8. The largest absolute Gasteiger partial charge is 0.462 e. The molecule has 0 spiro atoms.